The van der Waals surface area contributed by atoms with Crippen molar-refractivity contribution in [3.8, 4) is 0 Å². The van der Waals surface area contributed by atoms with Gasteiger partial charge in [0.1, 0.15) is 0 Å². The maximum atomic E-state index is 8.52. The van der Waals surface area contributed by atoms with Crippen molar-refractivity contribution < 1.29 is 104 Å². The van der Waals surface area contributed by atoms with Gasteiger partial charge in [0.2, 0.25) is 0 Å². The summed E-state index contributed by atoms with van der Waals surface area (Å²) in [7, 11) is -8.80. The van der Waals surface area contributed by atoms with E-state index >= 15 is 0 Å². The molecular weight excluding hydrogens is 396 g/mol. The Morgan fingerprint density at radius 1 is 0.667 bits per heavy atom. The van der Waals surface area contributed by atoms with Crippen LogP contribution in [0.4, 0.5) is 0 Å². The minimum atomic E-state index is -5.17. The van der Waals surface area contributed by atoms with Gasteiger partial charge in [-0.3, -0.25) is 8.42 Å². The summed E-state index contributed by atoms with van der Waals surface area (Å²) in [4.78, 5) is 17.0. The molecule has 0 atom stereocenters. The Balaban J connectivity index is -0.00000000406. The second-order valence-corrected chi connectivity index (χ2v) is 1.97. The second-order valence-electron chi connectivity index (χ2n) is 0.658. The summed E-state index contributed by atoms with van der Waals surface area (Å²) < 4.78 is 42.6. The minimum Gasteiger partial charge on any atom is -0.759 e. The zero-order valence-corrected chi connectivity index (χ0v) is 12.0. The van der Waals surface area contributed by atoms with Crippen LogP contribution in [0, 0.1) is 0 Å². The predicted molar refractivity (Wildman–Crippen MR) is 42.2 cm³/mol. The van der Waals surface area contributed by atoms with E-state index in [0.717, 1.165) is 0 Å². The Morgan fingerprint density at radius 2 is 0.667 bits per heavy atom. The van der Waals surface area contributed by atoms with Gasteiger partial charge in [-0.1, -0.05) is 0 Å². The van der Waals surface area contributed by atoms with E-state index in [1.54, 1.807) is 0 Å². The summed E-state index contributed by atoms with van der Waals surface area (Å²) >= 11 is 0. The normalized spacial score (nSPS) is 4.56. The molecule has 0 heterocycles. The maximum Gasteiger partial charge on any atom is 2.00 e. The van der Waals surface area contributed by atoms with Gasteiger partial charge in [0.05, 0.1) is 0 Å². The van der Waals surface area contributed by atoms with Gasteiger partial charge >= 0.3 is 34.1 Å². The van der Waals surface area contributed by atoms with Crippen LogP contribution in [-0.4, -0.2) is 65.0 Å². The van der Waals surface area contributed by atoms with Crippen LogP contribution < -0.4 is 9.59 Å². The van der Waals surface area contributed by atoms with Crippen LogP contribution in [0.1, 0.15) is 0 Å². The van der Waals surface area contributed by atoms with Crippen molar-refractivity contribution in [3.63, 3.8) is 0 Å². The fourth-order valence-corrected chi connectivity index (χ4v) is 0. The van der Waals surface area contributed by atoms with Gasteiger partial charge in [0.15, 0.2) is 0 Å². The molecule has 0 aliphatic carbocycles. The van der Waals surface area contributed by atoms with Crippen LogP contribution in [0.3, 0.4) is 0 Å². The SMILES string of the molecule is O.O.O.O.O.O.O.O=S(=O)([O-])[O-].O=[Si]([O-])[O-].[Fe+2].[Fe+2]. The summed E-state index contributed by atoms with van der Waals surface area (Å²) in [5, 5.41) is 0. The molecule has 0 fully saturated rings. The predicted octanol–water partition coefficient (Wildman–Crippen LogP) is -9.99. The molecule has 0 aromatic carbocycles. The largest absolute Gasteiger partial charge is 2.00 e. The molecule has 14 N–H and O–H groups in total. The molecule has 18 heteroatoms. The van der Waals surface area contributed by atoms with Crippen LogP contribution in [0.5, 0.6) is 0 Å². The Kier molecular flexibility index (Phi) is 306. The molecule has 0 aromatic heterocycles. The van der Waals surface area contributed by atoms with Crippen LogP contribution in [0.25, 0.3) is 0 Å². The van der Waals surface area contributed by atoms with Gasteiger partial charge in [-0.05, 0) is 0 Å². The van der Waals surface area contributed by atoms with Crippen LogP contribution in [-0.2, 0) is 49.0 Å². The third kappa shape index (κ3) is 62500. The maximum absolute atomic E-state index is 8.52. The van der Waals surface area contributed by atoms with E-state index in [4.69, 9.17) is 31.6 Å². The molecule has 124 valence electrons. The molecule has 0 radical (unpaired) electrons. The number of rotatable bonds is 0. The van der Waals surface area contributed by atoms with Crippen molar-refractivity contribution in [1.82, 2.24) is 0 Å². The molecule has 0 rings (SSSR count). The average molecular weight is 410 g/mol. The fraction of sp³-hybridized carbons (Fsp3) is 0. The Labute approximate surface area is 124 Å². The van der Waals surface area contributed by atoms with E-state index in [2.05, 4.69) is 0 Å². The van der Waals surface area contributed by atoms with Gasteiger partial charge in [0, 0.05) is 19.6 Å². The first-order chi connectivity index (χ1) is 3.73. The molecule has 0 spiro atoms. The Bertz CT molecular complexity index is 162. The molecule has 0 aliphatic rings. The Hall–Kier alpha value is 0.246. The first-order valence-electron chi connectivity index (χ1n) is 1.28. The van der Waals surface area contributed by atoms with Crippen LogP contribution >= 0.6 is 0 Å². The molecule has 0 saturated carbocycles. The van der Waals surface area contributed by atoms with Crippen molar-refractivity contribution in [2.45, 2.75) is 0 Å². The molecule has 0 aliphatic heterocycles. The van der Waals surface area contributed by atoms with Crippen molar-refractivity contribution in [1.29, 1.82) is 0 Å². The van der Waals surface area contributed by atoms with Gasteiger partial charge in [-0.25, -0.2) is 0 Å². The first-order valence-corrected chi connectivity index (χ1v) is 3.84. The van der Waals surface area contributed by atoms with Gasteiger partial charge < -0.3 is 61.5 Å². The Morgan fingerprint density at radius 3 is 0.667 bits per heavy atom. The summed E-state index contributed by atoms with van der Waals surface area (Å²) in [6, 6.07) is 0. The third-order valence-corrected chi connectivity index (χ3v) is 0. The zero-order chi connectivity index (χ0) is 8.08. The quantitative estimate of drug-likeness (QED) is 0.210. The van der Waals surface area contributed by atoms with Crippen molar-refractivity contribution in [2.75, 3.05) is 0 Å². The third-order valence-electron chi connectivity index (χ3n) is 0. The van der Waals surface area contributed by atoms with Crippen molar-refractivity contribution in [3.05, 3.63) is 0 Å². The number of hydrogen-bond donors (Lipinski definition) is 0. The zero-order valence-electron chi connectivity index (χ0n) is 7.97. The number of hydrogen-bond acceptors (Lipinski definition) is 7. The standard InChI is InChI=1S/2Fe.H2O4S.O3Si.7H2O/c;;1-5(2,3)4;1-4(2)3;;;;;;;/h;;(H2,1,2,3,4);;7*1H2/q2*+2;;-2;;;;;;;/p-2. The van der Waals surface area contributed by atoms with Crippen molar-refractivity contribution >= 4 is 19.6 Å². The molecule has 0 amide bonds. The van der Waals surface area contributed by atoms with E-state index in [1.165, 1.54) is 0 Å². The fourth-order valence-electron chi connectivity index (χ4n) is 0. The summed E-state index contributed by atoms with van der Waals surface area (Å²) in [6.45, 7) is 0. The molecule has 0 unspecified atom stereocenters. The van der Waals surface area contributed by atoms with Crippen molar-refractivity contribution in [2.24, 2.45) is 0 Å². The molecular formula is H14Fe2O14SSi. The minimum absolute atomic E-state index is 0. The van der Waals surface area contributed by atoms with E-state index in [9.17, 15) is 0 Å². The summed E-state index contributed by atoms with van der Waals surface area (Å²) in [5.41, 5.74) is 0. The molecule has 0 bridgehead atoms. The van der Waals surface area contributed by atoms with Gasteiger partial charge in [0.25, 0.3) is 0 Å². The smallest absolute Gasteiger partial charge is 0.759 e. The average Bonchev–Trinajstić information content (AvgIpc) is 1.19. The van der Waals surface area contributed by atoms with Gasteiger partial charge in [-0.15, -0.1) is 0 Å². The van der Waals surface area contributed by atoms with E-state index < -0.39 is 19.6 Å². The molecule has 14 nitrogen and oxygen atoms in total. The monoisotopic (exact) mass is 410 g/mol. The van der Waals surface area contributed by atoms with Crippen LogP contribution in [0.15, 0.2) is 0 Å². The first kappa shape index (κ1) is 103. The van der Waals surface area contributed by atoms with Gasteiger partial charge in [-0.2, -0.15) is 0 Å². The second kappa shape index (κ2) is 53.2. The van der Waals surface area contributed by atoms with E-state index in [-0.39, 0.29) is 72.5 Å². The molecule has 0 aromatic rings. The van der Waals surface area contributed by atoms with E-state index in [0.29, 0.717) is 0 Å². The van der Waals surface area contributed by atoms with E-state index in [1.807, 2.05) is 0 Å². The molecule has 0 saturated heterocycles. The topological polar surface area (TPSA) is 364 Å². The van der Waals surface area contributed by atoms with Crippen LogP contribution in [0.2, 0.25) is 0 Å². The molecule has 18 heavy (non-hydrogen) atoms. The summed E-state index contributed by atoms with van der Waals surface area (Å²) in [6.07, 6.45) is 0. The summed E-state index contributed by atoms with van der Waals surface area (Å²) in [5.74, 6) is 0.